The van der Waals surface area contributed by atoms with Crippen LogP contribution in [0.1, 0.15) is 0 Å². The first-order chi connectivity index (χ1) is 11.9. The monoisotopic (exact) mass is 504 g/mol. The third-order valence-electron chi connectivity index (χ3n) is 3.19. The maximum atomic E-state index is 4.33. The van der Waals surface area contributed by atoms with Crippen molar-refractivity contribution in [2.45, 2.75) is 0 Å². The number of hydrogen-bond acceptors (Lipinski definition) is 3. The minimum absolute atomic E-state index is 0. The molecule has 3 nitrogen and oxygen atoms in total. The van der Waals surface area contributed by atoms with Crippen molar-refractivity contribution in [3.05, 3.63) is 104 Å². The predicted octanol–water partition coefficient (Wildman–Crippen LogP) is 4.49. The summed E-state index contributed by atoms with van der Waals surface area (Å²) in [6.07, 6.45) is 7.91. The molecule has 25 heavy (non-hydrogen) atoms. The van der Waals surface area contributed by atoms with E-state index in [1.54, 1.807) is 24.7 Å². The second kappa shape index (κ2) is 10.3. The fraction of sp³-hybridized carbons (Fsp3) is 0. The van der Waals surface area contributed by atoms with Crippen molar-refractivity contribution < 1.29 is 21.1 Å². The number of pyridine rings is 3. The Morgan fingerprint density at radius 1 is 0.600 bits per heavy atom. The molecule has 0 aliphatic rings. The van der Waals surface area contributed by atoms with E-state index in [2.05, 4.69) is 27.2 Å². The number of nitrogens with zero attached hydrogens (tertiary/aromatic N) is 3. The smallest absolute Gasteiger partial charge is 0.394 e. The number of rotatable bonds is 2. The average molecular weight is 504 g/mol. The Morgan fingerprint density at radius 3 is 1.56 bits per heavy atom. The van der Waals surface area contributed by atoms with Crippen LogP contribution < -0.4 is 0 Å². The van der Waals surface area contributed by atoms with Gasteiger partial charge < -0.3 is 4.98 Å². The van der Waals surface area contributed by atoms with Crippen molar-refractivity contribution in [1.82, 2.24) is 15.0 Å². The van der Waals surface area contributed by atoms with Crippen molar-refractivity contribution in [1.29, 1.82) is 0 Å². The van der Waals surface area contributed by atoms with E-state index in [1.807, 2.05) is 66.7 Å². The summed E-state index contributed by atoms with van der Waals surface area (Å²) < 4.78 is 0. The molecule has 124 valence electrons. The van der Waals surface area contributed by atoms with Gasteiger partial charge in [-0.15, -0.1) is 24.3 Å². The van der Waals surface area contributed by atoms with E-state index in [4.69, 9.17) is 0 Å². The normalized spacial score (nSPS) is 9.28. The predicted molar refractivity (Wildman–Crippen MR) is 94.8 cm³/mol. The van der Waals surface area contributed by atoms with Crippen LogP contribution in [-0.2, 0) is 21.1 Å². The third-order valence-corrected chi connectivity index (χ3v) is 3.19. The fourth-order valence-electron chi connectivity index (χ4n) is 2.09. The Bertz CT molecular complexity index is 772. The van der Waals surface area contributed by atoms with E-state index >= 15 is 0 Å². The zero-order valence-corrected chi connectivity index (χ0v) is 15.6. The molecule has 0 fully saturated rings. The van der Waals surface area contributed by atoms with E-state index in [-0.39, 0.29) is 21.1 Å². The van der Waals surface area contributed by atoms with E-state index in [0.717, 1.165) is 22.5 Å². The first-order valence-corrected chi connectivity index (χ1v) is 7.56. The van der Waals surface area contributed by atoms with Crippen LogP contribution in [0.25, 0.3) is 22.5 Å². The zero-order chi connectivity index (χ0) is 16.5. The summed E-state index contributed by atoms with van der Waals surface area (Å²) in [4.78, 5) is 12.3. The van der Waals surface area contributed by atoms with Crippen molar-refractivity contribution in [2.75, 3.05) is 0 Å². The standard InChI is InChI=1S/C16H11N2.C5H4N.Pt/c1-3-10-17-15(8-1)13-6-5-7-14(12-13)16-9-2-4-11-18-16;1-2-4-6-5-3-1;/h1-11H;1-4H;/q2*-1;+2. The average Bonchev–Trinajstić information content (AvgIpc) is 2.71. The second-order valence-corrected chi connectivity index (χ2v) is 4.87. The van der Waals surface area contributed by atoms with Crippen molar-refractivity contribution in [2.24, 2.45) is 0 Å². The fourth-order valence-corrected chi connectivity index (χ4v) is 2.09. The zero-order valence-electron chi connectivity index (χ0n) is 13.3. The first-order valence-electron chi connectivity index (χ1n) is 7.56. The van der Waals surface area contributed by atoms with Crippen molar-refractivity contribution in [3.8, 4) is 22.5 Å². The van der Waals surface area contributed by atoms with Gasteiger partial charge in [0, 0.05) is 23.8 Å². The summed E-state index contributed by atoms with van der Waals surface area (Å²) >= 11 is 0. The Kier molecular flexibility index (Phi) is 7.68. The van der Waals surface area contributed by atoms with E-state index in [1.165, 1.54) is 0 Å². The molecule has 0 saturated carbocycles. The van der Waals surface area contributed by atoms with E-state index < -0.39 is 0 Å². The minimum Gasteiger partial charge on any atom is -0.394 e. The minimum atomic E-state index is 0. The molecule has 0 unspecified atom stereocenters. The maximum Gasteiger partial charge on any atom is 2.00 e. The molecule has 0 atom stereocenters. The van der Waals surface area contributed by atoms with Gasteiger partial charge in [0.2, 0.25) is 0 Å². The number of benzene rings is 1. The van der Waals surface area contributed by atoms with Gasteiger partial charge in [0.1, 0.15) is 0 Å². The third kappa shape index (κ3) is 5.73. The van der Waals surface area contributed by atoms with Gasteiger partial charge in [0.25, 0.3) is 0 Å². The van der Waals surface area contributed by atoms with Crippen molar-refractivity contribution in [3.63, 3.8) is 0 Å². The molecule has 3 heterocycles. The molecule has 1 aromatic carbocycles. The molecule has 0 spiro atoms. The molecule has 0 N–H and O–H groups in total. The van der Waals surface area contributed by atoms with Crippen LogP contribution in [0.15, 0.2) is 91.4 Å². The summed E-state index contributed by atoms with van der Waals surface area (Å²) in [6, 6.07) is 26.6. The molecule has 0 amide bonds. The molecule has 0 bridgehead atoms. The van der Waals surface area contributed by atoms with Crippen LogP contribution in [0.2, 0.25) is 0 Å². The Hall–Kier alpha value is -2.64. The van der Waals surface area contributed by atoms with Crippen molar-refractivity contribution >= 4 is 0 Å². The first kappa shape index (κ1) is 18.7. The molecule has 3 aromatic heterocycles. The van der Waals surface area contributed by atoms with Crippen LogP contribution in [0.5, 0.6) is 0 Å². The number of aromatic nitrogens is 3. The number of hydrogen-bond donors (Lipinski definition) is 0. The van der Waals surface area contributed by atoms with Crippen LogP contribution >= 0.6 is 0 Å². The molecule has 0 aliphatic heterocycles. The second-order valence-electron chi connectivity index (χ2n) is 4.87. The topological polar surface area (TPSA) is 38.7 Å². The molecule has 4 aromatic rings. The summed E-state index contributed by atoms with van der Waals surface area (Å²) in [5.41, 5.74) is 3.82. The summed E-state index contributed by atoms with van der Waals surface area (Å²) in [7, 11) is 0. The Balaban J connectivity index is 0.000000275. The molecular weight excluding hydrogens is 489 g/mol. The van der Waals surface area contributed by atoms with Gasteiger partial charge >= 0.3 is 21.1 Å². The van der Waals surface area contributed by atoms with Gasteiger partial charge in [0.15, 0.2) is 0 Å². The van der Waals surface area contributed by atoms with Gasteiger partial charge in [-0.3, -0.25) is 9.97 Å². The summed E-state index contributed by atoms with van der Waals surface area (Å²) in [5.74, 6) is 0. The SMILES string of the molecule is [Pt+2].[c-]1c(-c2ccccn2)cccc1-c1ccccn1.[c-]1ccccn1. The summed E-state index contributed by atoms with van der Waals surface area (Å²) in [6.45, 7) is 0. The van der Waals surface area contributed by atoms with E-state index in [9.17, 15) is 0 Å². The molecule has 0 saturated heterocycles. The molecule has 0 radical (unpaired) electrons. The van der Waals surface area contributed by atoms with Crippen LogP contribution in [0.4, 0.5) is 0 Å². The van der Waals surface area contributed by atoms with Gasteiger partial charge in [-0.25, -0.2) is 0 Å². The largest absolute Gasteiger partial charge is 2.00 e. The van der Waals surface area contributed by atoms with Crippen LogP contribution in [0, 0.1) is 12.3 Å². The quantitative estimate of drug-likeness (QED) is 0.378. The van der Waals surface area contributed by atoms with Gasteiger partial charge in [-0.05, 0) is 12.1 Å². The maximum absolute atomic E-state index is 4.33. The molecule has 0 aliphatic carbocycles. The van der Waals surface area contributed by atoms with E-state index in [0.29, 0.717) is 0 Å². The van der Waals surface area contributed by atoms with Gasteiger partial charge in [-0.1, -0.05) is 47.8 Å². The van der Waals surface area contributed by atoms with Gasteiger partial charge in [-0.2, -0.15) is 18.2 Å². The Labute approximate surface area is 162 Å². The van der Waals surface area contributed by atoms with Gasteiger partial charge in [0.05, 0.1) is 0 Å². The Morgan fingerprint density at radius 2 is 1.20 bits per heavy atom. The molecule has 4 rings (SSSR count). The van der Waals surface area contributed by atoms with Crippen LogP contribution in [-0.4, -0.2) is 15.0 Å². The summed E-state index contributed by atoms with van der Waals surface area (Å²) in [5, 5.41) is 0. The molecular formula is C21H15N3Pt. The van der Waals surface area contributed by atoms with Crippen LogP contribution in [0.3, 0.4) is 0 Å². The molecule has 4 heteroatoms.